The van der Waals surface area contributed by atoms with E-state index in [-0.39, 0.29) is 17.6 Å². The maximum atomic E-state index is 12.7. The highest BCUT2D eigenvalue weighted by atomic mass is 32.2. The molecule has 2 heterocycles. The van der Waals surface area contributed by atoms with Gasteiger partial charge in [0.15, 0.2) is 10.9 Å². The van der Waals surface area contributed by atoms with Gasteiger partial charge in [-0.3, -0.25) is 9.59 Å². The number of imidazole rings is 1. The fraction of sp³-hybridized carbons (Fsp3) is 0.125. The van der Waals surface area contributed by atoms with E-state index in [2.05, 4.69) is 15.6 Å². The lowest BCUT2D eigenvalue weighted by atomic mass is 10.1. The summed E-state index contributed by atoms with van der Waals surface area (Å²) in [7, 11) is 1.92. The molecule has 0 unspecified atom stereocenters. The molecule has 2 aromatic heterocycles. The number of carbonyl (C=O) groups excluding carboxylic acids is 2. The molecule has 32 heavy (non-hydrogen) atoms. The first-order valence-corrected chi connectivity index (χ1v) is 11.0. The molecule has 4 rings (SSSR count). The van der Waals surface area contributed by atoms with E-state index in [4.69, 9.17) is 4.42 Å². The molecule has 0 saturated carbocycles. The molecule has 0 bridgehead atoms. The number of anilines is 2. The van der Waals surface area contributed by atoms with Crippen molar-refractivity contribution in [2.24, 2.45) is 7.05 Å². The fourth-order valence-electron chi connectivity index (χ4n) is 3.13. The zero-order valence-corrected chi connectivity index (χ0v) is 18.5. The van der Waals surface area contributed by atoms with Crippen molar-refractivity contribution in [3.8, 4) is 0 Å². The molecule has 4 aromatic rings. The molecule has 2 aromatic carbocycles. The standard InChI is InChI=1S/C24H22N4O3S/c1-16-19(22(29)26-17-7-4-3-5-8-17)9-6-10-20(16)27-23(30)21-12-11-18(31-21)15-32-24-25-13-14-28(24)2/h3-14H,15H2,1-2H3,(H,26,29)(H,27,30). The highest BCUT2D eigenvalue weighted by Gasteiger charge is 2.16. The van der Waals surface area contributed by atoms with Crippen molar-refractivity contribution in [1.82, 2.24) is 9.55 Å². The minimum atomic E-state index is -0.373. The van der Waals surface area contributed by atoms with Gasteiger partial charge in [-0.1, -0.05) is 36.0 Å². The Balaban J connectivity index is 1.42. The Labute approximate surface area is 189 Å². The quantitative estimate of drug-likeness (QED) is 0.385. The number of aromatic nitrogens is 2. The van der Waals surface area contributed by atoms with Crippen molar-refractivity contribution in [2.45, 2.75) is 17.8 Å². The van der Waals surface area contributed by atoms with E-state index in [0.29, 0.717) is 34.0 Å². The number of furan rings is 1. The number of hydrogen-bond donors (Lipinski definition) is 2. The lowest BCUT2D eigenvalue weighted by molar-refractivity contribution is 0.0992. The van der Waals surface area contributed by atoms with Crippen molar-refractivity contribution in [3.63, 3.8) is 0 Å². The number of benzene rings is 2. The number of aryl methyl sites for hydroxylation is 1. The van der Waals surface area contributed by atoms with Gasteiger partial charge in [-0.25, -0.2) is 4.98 Å². The topological polar surface area (TPSA) is 89.2 Å². The summed E-state index contributed by atoms with van der Waals surface area (Å²) in [5, 5.41) is 6.58. The van der Waals surface area contributed by atoms with Gasteiger partial charge < -0.3 is 19.6 Å². The van der Waals surface area contributed by atoms with Crippen LogP contribution in [-0.4, -0.2) is 21.4 Å². The van der Waals surface area contributed by atoms with E-state index < -0.39 is 0 Å². The van der Waals surface area contributed by atoms with Crippen LogP contribution in [0, 0.1) is 6.92 Å². The van der Waals surface area contributed by atoms with Gasteiger partial charge in [0.05, 0.1) is 5.75 Å². The molecular formula is C24H22N4O3S. The van der Waals surface area contributed by atoms with Crippen LogP contribution in [0.3, 0.4) is 0 Å². The summed E-state index contributed by atoms with van der Waals surface area (Å²) in [5.41, 5.74) is 2.42. The minimum absolute atomic E-state index is 0.207. The Morgan fingerprint density at radius 2 is 1.81 bits per heavy atom. The van der Waals surface area contributed by atoms with Gasteiger partial charge in [0, 0.05) is 36.4 Å². The van der Waals surface area contributed by atoms with Crippen molar-refractivity contribution >= 4 is 35.0 Å². The van der Waals surface area contributed by atoms with E-state index in [9.17, 15) is 9.59 Å². The number of rotatable bonds is 7. The fourth-order valence-corrected chi connectivity index (χ4v) is 3.95. The number of hydrogen-bond acceptors (Lipinski definition) is 5. The van der Waals surface area contributed by atoms with E-state index in [1.165, 1.54) is 11.8 Å². The Hall–Kier alpha value is -3.78. The zero-order chi connectivity index (χ0) is 22.5. The summed E-state index contributed by atoms with van der Waals surface area (Å²) in [4.78, 5) is 29.7. The first-order chi connectivity index (χ1) is 15.5. The second kappa shape index (κ2) is 9.57. The van der Waals surface area contributed by atoms with Crippen LogP contribution < -0.4 is 10.6 Å². The van der Waals surface area contributed by atoms with Crippen LogP contribution in [-0.2, 0) is 12.8 Å². The number of amides is 2. The van der Waals surface area contributed by atoms with Crippen LogP contribution in [0.2, 0.25) is 0 Å². The Morgan fingerprint density at radius 3 is 2.56 bits per heavy atom. The molecule has 0 aliphatic rings. The van der Waals surface area contributed by atoms with Gasteiger partial charge in [-0.2, -0.15) is 0 Å². The third kappa shape index (κ3) is 4.92. The van der Waals surface area contributed by atoms with Crippen molar-refractivity contribution in [2.75, 3.05) is 10.6 Å². The summed E-state index contributed by atoms with van der Waals surface area (Å²) in [6, 6.07) is 17.9. The lowest BCUT2D eigenvalue weighted by Crippen LogP contribution is -2.16. The highest BCUT2D eigenvalue weighted by molar-refractivity contribution is 7.98. The Kier molecular flexibility index (Phi) is 6.42. The summed E-state index contributed by atoms with van der Waals surface area (Å²) in [6.07, 6.45) is 3.61. The van der Waals surface area contributed by atoms with Crippen LogP contribution in [0.4, 0.5) is 11.4 Å². The smallest absolute Gasteiger partial charge is 0.291 e. The predicted molar refractivity (Wildman–Crippen MR) is 125 cm³/mol. The average molecular weight is 447 g/mol. The van der Waals surface area contributed by atoms with E-state index in [0.717, 1.165) is 5.16 Å². The minimum Gasteiger partial charge on any atom is -0.455 e. The maximum absolute atomic E-state index is 12.7. The Bertz CT molecular complexity index is 1250. The van der Waals surface area contributed by atoms with Crippen LogP contribution in [0.1, 0.15) is 32.2 Å². The number of nitrogens with zero attached hydrogens (tertiary/aromatic N) is 2. The number of para-hydroxylation sites is 1. The first-order valence-electron chi connectivity index (χ1n) is 9.97. The molecule has 0 radical (unpaired) electrons. The van der Waals surface area contributed by atoms with Gasteiger partial charge in [0.25, 0.3) is 11.8 Å². The molecule has 2 amide bonds. The molecule has 2 N–H and O–H groups in total. The molecule has 0 atom stereocenters. The predicted octanol–water partition coefficient (Wildman–Crippen LogP) is 5.12. The first kappa shape index (κ1) is 21.5. The number of carbonyl (C=O) groups is 2. The summed E-state index contributed by atoms with van der Waals surface area (Å²) in [5.74, 6) is 0.833. The molecular weight excluding hydrogens is 424 g/mol. The highest BCUT2D eigenvalue weighted by Crippen LogP contribution is 2.24. The van der Waals surface area contributed by atoms with Gasteiger partial charge in [-0.15, -0.1) is 0 Å². The van der Waals surface area contributed by atoms with Crippen molar-refractivity contribution < 1.29 is 14.0 Å². The van der Waals surface area contributed by atoms with Crippen LogP contribution in [0.5, 0.6) is 0 Å². The molecule has 0 aliphatic heterocycles. The van der Waals surface area contributed by atoms with E-state index >= 15 is 0 Å². The number of nitrogens with one attached hydrogen (secondary N) is 2. The second-order valence-electron chi connectivity index (χ2n) is 7.13. The third-order valence-corrected chi connectivity index (χ3v) is 5.94. The maximum Gasteiger partial charge on any atom is 0.291 e. The monoisotopic (exact) mass is 446 g/mol. The lowest BCUT2D eigenvalue weighted by Gasteiger charge is -2.12. The van der Waals surface area contributed by atoms with Crippen molar-refractivity contribution in [3.05, 3.63) is 95.7 Å². The van der Waals surface area contributed by atoms with E-state index in [1.807, 2.05) is 48.1 Å². The normalized spacial score (nSPS) is 10.7. The average Bonchev–Trinajstić information content (AvgIpc) is 3.43. The molecule has 0 fully saturated rings. The van der Waals surface area contributed by atoms with Crippen molar-refractivity contribution in [1.29, 1.82) is 0 Å². The van der Waals surface area contributed by atoms with Gasteiger partial charge in [0.2, 0.25) is 0 Å². The molecule has 162 valence electrons. The zero-order valence-electron chi connectivity index (χ0n) is 17.7. The summed E-state index contributed by atoms with van der Waals surface area (Å²) >= 11 is 1.53. The molecule has 0 saturated heterocycles. The van der Waals surface area contributed by atoms with Gasteiger partial charge in [0.1, 0.15) is 5.76 Å². The molecule has 7 nitrogen and oxygen atoms in total. The van der Waals surface area contributed by atoms with Gasteiger partial charge in [-0.05, 0) is 48.9 Å². The summed E-state index contributed by atoms with van der Waals surface area (Å²) < 4.78 is 7.62. The molecule has 8 heteroatoms. The molecule has 0 spiro atoms. The van der Waals surface area contributed by atoms with E-state index in [1.54, 1.807) is 43.5 Å². The summed E-state index contributed by atoms with van der Waals surface area (Å²) in [6.45, 7) is 1.80. The molecule has 0 aliphatic carbocycles. The SMILES string of the molecule is Cc1c(NC(=O)c2ccc(CSc3nccn3C)o2)cccc1C(=O)Nc1ccccc1. The van der Waals surface area contributed by atoms with Crippen LogP contribution in [0.15, 0.2) is 82.6 Å². The van der Waals surface area contributed by atoms with Gasteiger partial charge >= 0.3 is 0 Å². The number of thioether (sulfide) groups is 1. The largest absolute Gasteiger partial charge is 0.455 e. The van der Waals surface area contributed by atoms with Crippen LogP contribution in [0.25, 0.3) is 0 Å². The Morgan fingerprint density at radius 1 is 1.00 bits per heavy atom. The van der Waals surface area contributed by atoms with Crippen LogP contribution >= 0.6 is 11.8 Å². The third-order valence-electron chi connectivity index (χ3n) is 4.86. The second-order valence-corrected chi connectivity index (χ2v) is 8.07.